The highest BCUT2D eigenvalue weighted by Gasteiger charge is 2.37. The van der Waals surface area contributed by atoms with Gasteiger partial charge in [-0.1, -0.05) is 60.7 Å². The van der Waals surface area contributed by atoms with Crippen LogP contribution in [-0.2, 0) is 27.3 Å². The van der Waals surface area contributed by atoms with E-state index in [0.717, 1.165) is 12.8 Å². The molecule has 1 fully saturated rings. The predicted molar refractivity (Wildman–Crippen MR) is 127 cm³/mol. The van der Waals surface area contributed by atoms with Gasteiger partial charge in [-0.2, -0.15) is 10.1 Å². The van der Waals surface area contributed by atoms with Crippen LogP contribution in [0.3, 0.4) is 0 Å². The number of rotatable bonds is 11. The number of hydrogen-bond donors (Lipinski definition) is 0. The van der Waals surface area contributed by atoms with Gasteiger partial charge in [-0.25, -0.2) is 4.79 Å². The van der Waals surface area contributed by atoms with Crippen LogP contribution in [0, 0.1) is 0 Å². The lowest BCUT2D eigenvalue weighted by atomic mass is 10.1. The van der Waals surface area contributed by atoms with Gasteiger partial charge in [0.2, 0.25) is 0 Å². The summed E-state index contributed by atoms with van der Waals surface area (Å²) in [5.74, 6) is 0. The van der Waals surface area contributed by atoms with E-state index in [9.17, 15) is 4.79 Å². The number of hydrazine groups is 1. The van der Waals surface area contributed by atoms with E-state index in [1.807, 2.05) is 53.6 Å². The van der Waals surface area contributed by atoms with Crippen LogP contribution in [0.15, 0.2) is 60.7 Å². The summed E-state index contributed by atoms with van der Waals surface area (Å²) in [6.07, 6.45) is 1.16. The van der Waals surface area contributed by atoms with E-state index in [1.165, 1.54) is 11.1 Å². The lowest BCUT2D eigenvalue weighted by molar-refractivity contribution is -0.337. The SMILES string of the molecule is CCOC(=O)N1CCN(N(CCc2ccccc2)OC)C(N(CCc2ccccc2)OC)C1. The van der Waals surface area contributed by atoms with Crippen LogP contribution in [-0.4, -0.2) is 86.0 Å². The summed E-state index contributed by atoms with van der Waals surface area (Å²) in [7, 11) is 3.36. The van der Waals surface area contributed by atoms with E-state index >= 15 is 0 Å². The molecule has 8 nitrogen and oxygen atoms in total. The first-order valence-electron chi connectivity index (χ1n) is 11.5. The van der Waals surface area contributed by atoms with E-state index < -0.39 is 0 Å². The summed E-state index contributed by atoms with van der Waals surface area (Å²) in [4.78, 5) is 25.8. The molecule has 1 aliphatic rings. The highest BCUT2D eigenvalue weighted by molar-refractivity contribution is 5.67. The highest BCUT2D eigenvalue weighted by atomic mass is 16.7. The second-order valence-electron chi connectivity index (χ2n) is 7.84. The number of benzene rings is 2. The van der Waals surface area contributed by atoms with Crippen molar-refractivity contribution in [1.82, 2.24) is 20.1 Å². The first kappa shape index (κ1) is 25.1. The van der Waals surface area contributed by atoms with Crippen LogP contribution in [0.1, 0.15) is 18.1 Å². The van der Waals surface area contributed by atoms with E-state index in [4.69, 9.17) is 14.4 Å². The maximum Gasteiger partial charge on any atom is 0.409 e. The van der Waals surface area contributed by atoms with Crippen LogP contribution in [0.25, 0.3) is 0 Å². The molecule has 0 bridgehead atoms. The minimum atomic E-state index is -0.297. The lowest BCUT2D eigenvalue weighted by Gasteiger charge is -2.47. The number of carbonyl (C=O) groups is 1. The molecule has 1 amide bonds. The van der Waals surface area contributed by atoms with Gasteiger partial charge in [0.05, 0.1) is 27.4 Å². The molecular formula is C25H36N4O4. The fraction of sp³-hybridized carbons (Fsp3) is 0.480. The summed E-state index contributed by atoms with van der Waals surface area (Å²) in [6.45, 7) is 5.15. The Labute approximate surface area is 197 Å². The maximum absolute atomic E-state index is 12.5. The minimum Gasteiger partial charge on any atom is -0.450 e. The quantitative estimate of drug-likeness (QED) is 0.481. The Hall–Kier alpha value is -2.49. The molecule has 180 valence electrons. The molecule has 1 aliphatic heterocycles. The van der Waals surface area contributed by atoms with Crippen LogP contribution >= 0.6 is 0 Å². The number of hydroxylamine groups is 3. The largest absolute Gasteiger partial charge is 0.450 e. The van der Waals surface area contributed by atoms with Gasteiger partial charge >= 0.3 is 6.09 Å². The fourth-order valence-corrected chi connectivity index (χ4v) is 4.08. The van der Waals surface area contributed by atoms with Crippen LogP contribution in [0.2, 0.25) is 0 Å². The molecule has 2 aromatic carbocycles. The third-order valence-corrected chi connectivity index (χ3v) is 5.82. The third-order valence-electron chi connectivity index (χ3n) is 5.82. The van der Waals surface area contributed by atoms with Crippen molar-refractivity contribution < 1.29 is 19.2 Å². The van der Waals surface area contributed by atoms with Crippen molar-refractivity contribution in [2.24, 2.45) is 0 Å². The average molecular weight is 457 g/mol. The Morgan fingerprint density at radius 1 is 0.909 bits per heavy atom. The lowest BCUT2D eigenvalue weighted by Crippen LogP contribution is -2.65. The molecule has 1 unspecified atom stereocenters. The standard InChI is InChI=1S/C25H36N4O4/c1-4-33-25(30)26-19-20-27(29(32-3)18-16-23-13-9-6-10-14-23)24(21-26)28(31-2)17-15-22-11-7-5-8-12-22/h5-14,24H,4,15-21H2,1-3H3. The monoisotopic (exact) mass is 456 g/mol. The van der Waals surface area contributed by atoms with Crippen LogP contribution in [0.5, 0.6) is 0 Å². The molecule has 1 saturated heterocycles. The first-order valence-corrected chi connectivity index (χ1v) is 11.5. The highest BCUT2D eigenvalue weighted by Crippen LogP contribution is 2.19. The molecule has 0 spiro atoms. The van der Waals surface area contributed by atoms with Crippen LogP contribution in [0.4, 0.5) is 4.79 Å². The van der Waals surface area contributed by atoms with Gasteiger partial charge < -0.3 is 14.5 Å². The van der Waals surface area contributed by atoms with Crippen molar-refractivity contribution in [2.75, 3.05) is 53.6 Å². The molecule has 0 saturated carbocycles. The maximum atomic E-state index is 12.5. The molecule has 0 aliphatic carbocycles. The first-order chi connectivity index (χ1) is 16.2. The zero-order chi connectivity index (χ0) is 23.5. The molecule has 33 heavy (non-hydrogen) atoms. The Kier molecular flexibility index (Phi) is 10.1. The van der Waals surface area contributed by atoms with Gasteiger partial charge in [-0.15, -0.1) is 5.17 Å². The smallest absolute Gasteiger partial charge is 0.409 e. The number of nitrogens with zero attached hydrogens (tertiary/aromatic N) is 4. The predicted octanol–water partition coefficient (Wildman–Crippen LogP) is 3.21. The second kappa shape index (κ2) is 13.3. The normalized spacial score (nSPS) is 17.0. The molecule has 8 heteroatoms. The van der Waals surface area contributed by atoms with Crippen molar-refractivity contribution in [3.8, 4) is 0 Å². The average Bonchev–Trinajstić information content (AvgIpc) is 2.86. The molecule has 1 heterocycles. The van der Waals surface area contributed by atoms with Crippen molar-refractivity contribution >= 4 is 6.09 Å². The van der Waals surface area contributed by atoms with Gasteiger partial charge in [0.1, 0.15) is 6.17 Å². The van der Waals surface area contributed by atoms with Gasteiger partial charge in [0.15, 0.2) is 0 Å². The number of hydrogen-bond acceptors (Lipinski definition) is 7. The topological polar surface area (TPSA) is 57.7 Å². The Bertz CT molecular complexity index is 824. The van der Waals surface area contributed by atoms with Gasteiger partial charge in [-0.3, -0.25) is 4.84 Å². The van der Waals surface area contributed by atoms with Crippen LogP contribution < -0.4 is 0 Å². The molecule has 0 radical (unpaired) electrons. The minimum absolute atomic E-state index is 0.215. The van der Waals surface area contributed by atoms with E-state index in [2.05, 4.69) is 29.3 Å². The van der Waals surface area contributed by atoms with E-state index in [1.54, 1.807) is 19.1 Å². The Morgan fingerprint density at radius 2 is 1.52 bits per heavy atom. The molecule has 0 N–H and O–H groups in total. The van der Waals surface area contributed by atoms with Gasteiger partial charge in [0.25, 0.3) is 0 Å². The molecule has 3 rings (SSSR count). The second-order valence-corrected chi connectivity index (χ2v) is 7.84. The Balaban J connectivity index is 1.74. The van der Waals surface area contributed by atoms with Gasteiger partial charge in [-0.05, 0) is 30.9 Å². The molecule has 0 aromatic heterocycles. The summed E-state index contributed by atoms with van der Waals surface area (Å²) in [5, 5.41) is 5.95. The van der Waals surface area contributed by atoms with Crippen molar-refractivity contribution in [3.05, 3.63) is 71.8 Å². The zero-order valence-corrected chi connectivity index (χ0v) is 19.9. The summed E-state index contributed by atoms with van der Waals surface area (Å²) in [5.41, 5.74) is 2.48. The molecule has 2 aromatic rings. The summed E-state index contributed by atoms with van der Waals surface area (Å²) in [6, 6.07) is 20.7. The van der Waals surface area contributed by atoms with E-state index in [-0.39, 0.29) is 12.3 Å². The number of amides is 1. The summed E-state index contributed by atoms with van der Waals surface area (Å²) < 4.78 is 5.26. The number of carbonyl (C=O) groups excluding carboxylic acids is 1. The Morgan fingerprint density at radius 3 is 2.06 bits per heavy atom. The molecular weight excluding hydrogens is 420 g/mol. The number of piperazine rings is 1. The van der Waals surface area contributed by atoms with Crippen molar-refractivity contribution in [3.63, 3.8) is 0 Å². The van der Waals surface area contributed by atoms with Gasteiger partial charge in [0, 0.05) is 26.2 Å². The molecule has 1 atom stereocenters. The van der Waals surface area contributed by atoms with Crippen molar-refractivity contribution in [2.45, 2.75) is 25.9 Å². The van der Waals surface area contributed by atoms with Crippen molar-refractivity contribution in [1.29, 1.82) is 0 Å². The number of ether oxygens (including phenoxy) is 1. The third kappa shape index (κ3) is 7.25. The van der Waals surface area contributed by atoms with E-state index in [0.29, 0.717) is 39.3 Å². The fourth-order valence-electron chi connectivity index (χ4n) is 4.08. The summed E-state index contributed by atoms with van der Waals surface area (Å²) >= 11 is 0. The zero-order valence-electron chi connectivity index (χ0n) is 19.9.